The zero-order valence-electron chi connectivity index (χ0n) is 20.9. The van der Waals surface area contributed by atoms with Crippen molar-refractivity contribution in [3.8, 4) is 23.0 Å². The van der Waals surface area contributed by atoms with Crippen LogP contribution in [0.25, 0.3) is 0 Å². The summed E-state index contributed by atoms with van der Waals surface area (Å²) in [5.41, 5.74) is 4.26. The quantitative estimate of drug-likeness (QED) is 0.234. The molecule has 34 heavy (non-hydrogen) atoms. The fourth-order valence-corrected chi connectivity index (χ4v) is 3.52. The molecule has 0 aliphatic rings. The maximum Gasteiger partial charge on any atom is 0.224 e. The minimum Gasteiger partial charge on any atom is -0.497 e. The molecule has 0 aromatic heterocycles. The van der Waals surface area contributed by atoms with Gasteiger partial charge in [-0.15, -0.1) is 0 Å². The number of carbonyl (C=O) groups excluding carboxylic acids is 1. The standard InChI is InChI=1S/C26H38N2O6/c1-6-7-8-9-10-19(34-28-23-18-21(31-3)12-15-25(23)33-5)13-16-26(29)27-22-17-20(30-2)11-14-24(22)32-4/h11-12,14-15,17-19,28H,6-10,13,16H2,1-5H3,(H,27,29). The molecule has 1 amide bonds. The first-order valence-corrected chi connectivity index (χ1v) is 11.7. The molecule has 0 saturated carbocycles. The monoisotopic (exact) mass is 474 g/mol. The molecule has 0 aliphatic carbocycles. The van der Waals surface area contributed by atoms with E-state index in [0.717, 1.165) is 25.7 Å². The van der Waals surface area contributed by atoms with Crippen LogP contribution in [0.5, 0.6) is 23.0 Å². The van der Waals surface area contributed by atoms with Gasteiger partial charge in [0.2, 0.25) is 5.91 Å². The molecule has 2 N–H and O–H groups in total. The number of nitrogens with one attached hydrogen (secondary N) is 2. The predicted octanol–water partition coefficient (Wildman–Crippen LogP) is 5.82. The van der Waals surface area contributed by atoms with Gasteiger partial charge in [-0.05, 0) is 37.1 Å². The smallest absolute Gasteiger partial charge is 0.224 e. The fraction of sp³-hybridized carbons (Fsp3) is 0.500. The topological polar surface area (TPSA) is 87.3 Å². The van der Waals surface area contributed by atoms with Gasteiger partial charge in [-0.2, -0.15) is 0 Å². The van der Waals surface area contributed by atoms with Crippen LogP contribution < -0.4 is 29.7 Å². The average molecular weight is 475 g/mol. The minimum absolute atomic E-state index is 0.118. The second-order valence-electron chi connectivity index (χ2n) is 7.91. The van der Waals surface area contributed by atoms with Crippen LogP contribution in [0.15, 0.2) is 36.4 Å². The number of hydrogen-bond acceptors (Lipinski definition) is 7. The average Bonchev–Trinajstić information content (AvgIpc) is 2.87. The molecular weight excluding hydrogens is 436 g/mol. The number of unbranched alkanes of at least 4 members (excludes halogenated alkanes) is 3. The highest BCUT2D eigenvalue weighted by Crippen LogP contribution is 2.31. The highest BCUT2D eigenvalue weighted by molar-refractivity contribution is 5.92. The zero-order chi connectivity index (χ0) is 24.8. The lowest BCUT2D eigenvalue weighted by atomic mass is 10.1. The van der Waals surface area contributed by atoms with Crippen LogP contribution in [0, 0.1) is 0 Å². The molecule has 0 aliphatic heterocycles. The van der Waals surface area contributed by atoms with E-state index in [0.29, 0.717) is 47.2 Å². The van der Waals surface area contributed by atoms with Gasteiger partial charge >= 0.3 is 0 Å². The number of rotatable bonds is 16. The van der Waals surface area contributed by atoms with E-state index in [1.165, 1.54) is 6.42 Å². The summed E-state index contributed by atoms with van der Waals surface area (Å²) in [6.07, 6.45) is 6.06. The molecule has 2 aromatic rings. The summed E-state index contributed by atoms with van der Waals surface area (Å²) in [5, 5.41) is 2.92. The summed E-state index contributed by atoms with van der Waals surface area (Å²) in [7, 11) is 6.36. The van der Waals surface area contributed by atoms with Gasteiger partial charge in [0.25, 0.3) is 0 Å². The Balaban J connectivity index is 2.00. The molecule has 1 unspecified atom stereocenters. The number of benzene rings is 2. The largest absolute Gasteiger partial charge is 0.497 e. The van der Waals surface area contributed by atoms with Crippen LogP contribution >= 0.6 is 0 Å². The maximum atomic E-state index is 12.7. The van der Waals surface area contributed by atoms with E-state index in [2.05, 4.69) is 17.7 Å². The van der Waals surface area contributed by atoms with E-state index in [4.69, 9.17) is 23.8 Å². The van der Waals surface area contributed by atoms with E-state index >= 15 is 0 Å². The number of carbonyl (C=O) groups is 1. The van der Waals surface area contributed by atoms with Crippen molar-refractivity contribution in [1.82, 2.24) is 0 Å². The predicted molar refractivity (Wildman–Crippen MR) is 134 cm³/mol. The number of methoxy groups -OCH3 is 4. The van der Waals surface area contributed by atoms with Gasteiger partial charge in [-0.3, -0.25) is 15.1 Å². The number of anilines is 2. The van der Waals surface area contributed by atoms with Crippen molar-refractivity contribution in [2.75, 3.05) is 39.2 Å². The Kier molecular flexibility index (Phi) is 11.9. The number of hydrogen-bond donors (Lipinski definition) is 2. The van der Waals surface area contributed by atoms with Gasteiger partial charge in [0, 0.05) is 18.6 Å². The lowest BCUT2D eigenvalue weighted by molar-refractivity contribution is -0.116. The first-order valence-electron chi connectivity index (χ1n) is 11.7. The second-order valence-corrected chi connectivity index (χ2v) is 7.91. The lowest BCUT2D eigenvalue weighted by Crippen LogP contribution is -2.21. The van der Waals surface area contributed by atoms with Gasteiger partial charge < -0.3 is 24.3 Å². The third-order valence-corrected chi connectivity index (χ3v) is 5.50. The Hall–Kier alpha value is -3.13. The third kappa shape index (κ3) is 8.67. The SMILES string of the molecule is CCCCCCC(CCC(=O)Nc1cc(OC)ccc1OC)ONc1cc(OC)ccc1OC. The van der Waals surface area contributed by atoms with Crippen molar-refractivity contribution in [1.29, 1.82) is 0 Å². The molecule has 0 saturated heterocycles. The molecule has 1 atom stereocenters. The molecule has 0 heterocycles. The summed E-state index contributed by atoms with van der Waals surface area (Å²) in [6, 6.07) is 10.7. The van der Waals surface area contributed by atoms with E-state index < -0.39 is 0 Å². The van der Waals surface area contributed by atoms with Crippen molar-refractivity contribution in [3.63, 3.8) is 0 Å². The molecule has 0 fully saturated rings. The molecule has 0 spiro atoms. The van der Waals surface area contributed by atoms with E-state index in [1.54, 1.807) is 46.6 Å². The van der Waals surface area contributed by atoms with E-state index in [9.17, 15) is 4.79 Å². The minimum atomic E-state index is -0.147. The molecule has 0 bridgehead atoms. The maximum absolute atomic E-state index is 12.7. The van der Waals surface area contributed by atoms with Crippen molar-refractivity contribution in [2.24, 2.45) is 0 Å². The van der Waals surface area contributed by atoms with E-state index in [1.807, 2.05) is 18.2 Å². The lowest BCUT2D eigenvalue weighted by Gasteiger charge is -2.20. The summed E-state index contributed by atoms with van der Waals surface area (Å²) in [5.74, 6) is 2.44. The molecule has 2 rings (SSSR count). The normalized spacial score (nSPS) is 11.4. The van der Waals surface area contributed by atoms with Crippen LogP contribution in [-0.2, 0) is 9.63 Å². The summed E-state index contributed by atoms with van der Waals surface area (Å²) >= 11 is 0. The Morgan fingerprint density at radius 1 is 0.794 bits per heavy atom. The first-order chi connectivity index (χ1) is 16.5. The van der Waals surface area contributed by atoms with Crippen molar-refractivity contribution in [2.45, 2.75) is 58.0 Å². The Morgan fingerprint density at radius 3 is 2.00 bits per heavy atom. The van der Waals surface area contributed by atoms with Gasteiger partial charge in [-0.1, -0.05) is 32.6 Å². The Bertz CT molecular complexity index is 890. The Labute approximate surface area is 202 Å². The summed E-state index contributed by atoms with van der Waals surface area (Å²) in [4.78, 5) is 18.7. The highest BCUT2D eigenvalue weighted by atomic mass is 16.7. The number of ether oxygens (including phenoxy) is 4. The number of amides is 1. The second kappa shape index (κ2) is 14.9. The molecule has 0 radical (unpaired) electrons. The molecular formula is C26H38N2O6. The highest BCUT2D eigenvalue weighted by Gasteiger charge is 2.16. The first kappa shape index (κ1) is 27.1. The summed E-state index contributed by atoms with van der Waals surface area (Å²) in [6.45, 7) is 2.18. The fourth-order valence-electron chi connectivity index (χ4n) is 3.52. The van der Waals surface area contributed by atoms with Crippen LogP contribution in [0.3, 0.4) is 0 Å². The van der Waals surface area contributed by atoms with E-state index in [-0.39, 0.29) is 12.0 Å². The van der Waals surface area contributed by atoms with Gasteiger partial charge in [0.1, 0.15) is 28.7 Å². The molecule has 8 nitrogen and oxygen atoms in total. The van der Waals surface area contributed by atoms with Crippen LogP contribution in [0.1, 0.15) is 51.9 Å². The van der Waals surface area contributed by atoms with Gasteiger partial charge in [0.05, 0.1) is 40.2 Å². The van der Waals surface area contributed by atoms with Crippen LogP contribution in [-0.4, -0.2) is 40.5 Å². The Morgan fingerprint density at radius 2 is 1.41 bits per heavy atom. The van der Waals surface area contributed by atoms with Crippen LogP contribution in [0.4, 0.5) is 11.4 Å². The van der Waals surface area contributed by atoms with Gasteiger partial charge in [-0.25, -0.2) is 0 Å². The zero-order valence-corrected chi connectivity index (χ0v) is 20.9. The summed E-state index contributed by atoms with van der Waals surface area (Å²) < 4.78 is 21.3. The molecule has 8 heteroatoms. The van der Waals surface area contributed by atoms with Crippen LogP contribution in [0.2, 0.25) is 0 Å². The van der Waals surface area contributed by atoms with Crippen molar-refractivity contribution >= 4 is 17.3 Å². The third-order valence-electron chi connectivity index (χ3n) is 5.50. The van der Waals surface area contributed by atoms with Crippen molar-refractivity contribution < 1.29 is 28.6 Å². The van der Waals surface area contributed by atoms with Crippen molar-refractivity contribution in [3.05, 3.63) is 36.4 Å². The molecule has 2 aromatic carbocycles. The molecule has 188 valence electrons. The van der Waals surface area contributed by atoms with Gasteiger partial charge in [0.15, 0.2) is 0 Å².